The van der Waals surface area contributed by atoms with E-state index in [0.29, 0.717) is 0 Å². The first kappa shape index (κ1) is 13.6. The summed E-state index contributed by atoms with van der Waals surface area (Å²) in [5.74, 6) is -0.480. The number of Topliss-reactive ketones (excluding diaryl/α,β-unsaturated/α-hetero) is 1. The molecule has 0 atom stereocenters. The Kier molecular flexibility index (Phi) is 4.97. The Morgan fingerprint density at radius 1 is 1.27 bits per heavy atom. The van der Waals surface area contributed by atoms with Crippen molar-refractivity contribution in [3.63, 3.8) is 0 Å². The van der Waals surface area contributed by atoms with Crippen molar-refractivity contribution in [1.29, 1.82) is 0 Å². The molecule has 2 nitrogen and oxygen atoms in total. The second-order valence-corrected chi connectivity index (χ2v) is 2.46. The highest BCUT2D eigenvalue weighted by atomic mass is 19.4. The number of aromatic nitrogens is 1. The van der Waals surface area contributed by atoms with Crippen molar-refractivity contribution in [2.24, 2.45) is 0 Å². The first-order valence-corrected chi connectivity index (χ1v) is 4.46. The van der Waals surface area contributed by atoms with Crippen LogP contribution < -0.4 is 0 Å². The van der Waals surface area contributed by atoms with Gasteiger partial charge in [-0.2, -0.15) is 13.2 Å². The molecule has 0 radical (unpaired) electrons. The summed E-state index contributed by atoms with van der Waals surface area (Å²) < 4.78 is 36.2. The minimum atomic E-state index is -4.49. The van der Waals surface area contributed by atoms with Crippen LogP contribution in [-0.2, 0) is 6.18 Å². The van der Waals surface area contributed by atoms with E-state index >= 15 is 0 Å². The standard InChI is InChI=1S/C8H6F3NO.C2H6/c1-5(13)6-3-2-4-7(12-6)8(9,10)11;1-2/h2-4H,1H3;1-2H3. The lowest BCUT2D eigenvalue weighted by molar-refractivity contribution is -0.141. The molecule has 15 heavy (non-hydrogen) atoms. The number of hydrogen-bond acceptors (Lipinski definition) is 2. The number of hydrogen-bond donors (Lipinski definition) is 0. The van der Waals surface area contributed by atoms with Crippen LogP contribution in [0.25, 0.3) is 0 Å². The van der Waals surface area contributed by atoms with Gasteiger partial charge in [0.2, 0.25) is 0 Å². The predicted molar refractivity (Wildman–Crippen MR) is 50.6 cm³/mol. The topological polar surface area (TPSA) is 30.0 Å². The zero-order valence-electron chi connectivity index (χ0n) is 8.72. The van der Waals surface area contributed by atoms with Gasteiger partial charge in [0.05, 0.1) is 0 Å². The van der Waals surface area contributed by atoms with Gasteiger partial charge in [-0.25, -0.2) is 4.98 Å². The van der Waals surface area contributed by atoms with Crippen molar-refractivity contribution >= 4 is 5.78 Å². The molecule has 0 bridgehead atoms. The monoisotopic (exact) mass is 219 g/mol. The van der Waals surface area contributed by atoms with E-state index in [1.165, 1.54) is 13.0 Å². The maximum absolute atomic E-state index is 12.1. The fourth-order valence-corrected chi connectivity index (χ4v) is 0.789. The van der Waals surface area contributed by atoms with Crippen LogP contribution in [0.4, 0.5) is 13.2 Å². The summed E-state index contributed by atoms with van der Waals surface area (Å²) in [5, 5.41) is 0. The van der Waals surface area contributed by atoms with E-state index in [1.54, 1.807) is 0 Å². The Labute approximate surface area is 86.1 Å². The van der Waals surface area contributed by atoms with Crippen molar-refractivity contribution in [3.8, 4) is 0 Å². The fraction of sp³-hybridized carbons (Fsp3) is 0.400. The number of carbonyl (C=O) groups excluding carboxylic acids is 1. The predicted octanol–water partition coefficient (Wildman–Crippen LogP) is 3.33. The van der Waals surface area contributed by atoms with Gasteiger partial charge in [0.15, 0.2) is 5.78 Å². The summed E-state index contributed by atoms with van der Waals surface area (Å²) in [6, 6.07) is 3.23. The van der Waals surface area contributed by atoms with Gasteiger partial charge in [0.25, 0.3) is 0 Å². The minimum absolute atomic E-state index is 0.171. The van der Waals surface area contributed by atoms with Crippen molar-refractivity contribution in [1.82, 2.24) is 4.98 Å². The molecule has 0 aliphatic rings. The van der Waals surface area contributed by atoms with E-state index < -0.39 is 17.7 Å². The molecule has 1 aromatic heterocycles. The third kappa shape index (κ3) is 4.10. The fourth-order valence-electron chi connectivity index (χ4n) is 0.789. The summed E-state index contributed by atoms with van der Waals surface area (Å²) >= 11 is 0. The van der Waals surface area contributed by atoms with Gasteiger partial charge in [-0.3, -0.25) is 4.79 Å². The summed E-state index contributed by atoms with van der Waals surface area (Å²) in [7, 11) is 0. The smallest absolute Gasteiger partial charge is 0.293 e. The summed E-state index contributed by atoms with van der Waals surface area (Å²) in [6.07, 6.45) is -4.49. The highest BCUT2D eigenvalue weighted by molar-refractivity contribution is 5.92. The first-order chi connectivity index (χ1) is 6.91. The Bertz CT molecular complexity index is 334. The quantitative estimate of drug-likeness (QED) is 0.678. The van der Waals surface area contributed by atoms with Gasteiger partial charge in [-0.15, -0.1) is 0 Å². The number of rotatable bonds is 1. The van der Waals surface area contributed by atoms with Crippen molar-refractivity contribution in [3.05, 3.63) is 29.6 Å². The molecule has 0 amide bonds. The maximum Gasteiger partial charge on any atom is 0.433 e. The molecule has 1 aromatic rings. The molecule has 5 heteroatoms. The Hall–Kier alpha value is -1.39. The van der Waals surface area contributed by atoms with Crippen LogP contribution in [0.15, 0.2) is 18.2 Å². The van der Waals surface area contributed by atoms with E-state index in [2.05, 4.69) is 4.98 Å². The van der Waals surface area contributed by atoms with Crippen LogP contribution in [0.2, 0.25) is 0 Å². The Morgan fingerprint density at radius 3 is 2.20 bits per heavy atom. The summed E-state index contributed by atoms with van der Waals surface area (Å²) in [6.45, 7) is 5.17. The van der Waals surface area contributed by atoms with E-state index in [0.717, 1.165) is 12.1 Å². The van der Waals surface area contributed by atoms with Crippen LogP contribution in [-0.4, -0.2) is 10.8 Å². The Balaban J connectivity index is 0.000000921. The SMILES string of the molecule is CC.CC(=O)c1cccc(C(F)(F)F)n1. The van der Waals surface area contributed by atoms with Gasteiger partial charge >= 0.3 is 6.18 Å². The highest BCUT2D eigenvalue weighted by Gasteiger charge is 2.32. The molecule has 1 rings (SSSR count). The molecular weight excluding hydrogens is 207 g/mol. The number of carbonyl (C=O) groups is 1. The molecular formula is C10H12F3NO. The average molecular weight is 219 g/mol. The lowest BCUT2D eigenvalue weighted by Crippen LogP contribution is -2.10. The average Bonchev–Trinajstić information content (AvgIpc) is 2.20. The Morgan fingerprint density at radius 2 is 1.80 bits per heavy atom. The maximum atomic E-state index is 12.1. The molecule has 84 valence electrons. The largest absolute Gasteiger partial charge is 0.433 e. The zero-order valence-corrected chi connectivity index (χ0v) is 8.72. The third-order valence-electron chi connectivity index (χ3n) is 1.40. The summed E-state index contributed by atoms with van der Waals surface area (Å²) in [4.78, 5) is 13.9. The van der Waals surface area contributed by atoms with Gasteiger partial charge < -0.3 is 0 Å². The van der Waals surface area contributed by atoms with E-state index in [9.17, 15) is 18.0 Å². The molecule has 0 N–H and O–H groups in total. The molecule has 0 unspecified atom stereocenters. The minimum Gasteiger partial charge on any atom is -0.293 e. The number of nitrogens with zero attached hydrogens (tertiary/aromatic N) is 1. The molecule has 0 spiro atoms. The van der Waals surface area contributed by atoms with E-state index in [4.69, 9.17) is 0 Å². The molecule has 0 aliphatic carbocycles. The van der Waals surface area contributed by atoms with Crippen molar-refractivity contribution < 1.29 is 18.0 Å². The number of alkyl halides is 3. The van der Waals surface area contributed by atoms with Gasteiger partial charge in [-0.1, -0.05) is 19.9 Å². The second kappa shape index (κ2) is 5.48. The molecule has 0 saturated carbocycles. The lowest BCUT2D eigenvalue weighted by Gasteiger charge is -2.05. The van der Waals surface area contributed by atoms with Crippen LogP contribution >= 0.6 is 0 Å². The number of pyridine rings is 1. The molecule has 0 aliphatic heterocycles. The summed E-state index contributed by atoms with van der Waals surface area (Å²) in [5.41, 5.74) is -1.21. The molecule has 0 saturated heterocycles. The van der Waals surface area contributed by atoms with Crippen LogP contribution in [0.1, 0.15) is 37.0 Å². The van der Waals surface area contributed by atoms with Crippen LogP contribution in [0.5, 0.6) is 0 Å². The molecule has 1 heterocycles. The highest BCUT2D eigenvalue weighted by Crippen LogP contribution is 2.27. The first-order valence-electron chi connectivity index (χ1n) is 4.46. The molecule has 0 fully saturated rings. The van der Waals surface area contributed by atoms with E-state index in [-0.39, 0.29) is 5.69 Å². The van der Waals surface area contributed by atoms with Gasteiger partial charge in [0.1, 0.15) is 11.4 Å². The van der Waals surface area contributed by atoms with Crippen molar-refractivity contribution in [2.75, 3.05) is 0 Å². The third-order valence-corrected chi connectivity index (χ3v) is 1.40. The molecule has 0 aromatic carbocycles. The zero-order chi connectivity index (χ0) is 12.1. The van der Waals surface area contributed by atoms with Crippen LogP contribution in [0, 0.1) is 0 Å². The number of ketones is 1. The second-order valence-electron chi connectivity index (χ2n) is 2.46. The normalized spacial score (nSPS) is 10.3. The lowest BCUT2D eigenvalue weighted by atomic mass is 10.2. The van der Waals surface area contributed by atoms with Crippen molar-refractivity contribution in [2.45, 2.75) is 26.9 Å². The number of halogens is 3. The van der Waals surface area contributed by atoms with Crippen LogP contribution in [0.3, 0.4) is 0 Å². The van der Waals surface area contributed by atoms with Gasteiger partial charge in [-0.05, 0) is 12.1 Å². The van der Waals surface area contributed by atoms with Gasteiger partial charge in [0, 0.05) is 6.92 Å². The van der Waals surface area contributed by atoms with E-state index in [1.807, 2.05) is 13.8 Å².